The molecule has 2 rings (SSSR count). The molecular weight excluding hydrogens is 336 g/mol. The Labute approximate surface area is 139 Å². The van der Waals surface area contributed by atoms with Crippen molar-refractivity contribution < 1.29 is 27.9 Å². The van der Waals surface area contributed by atoms with Gasteiger partial charge < -0.3 is 15.3 Å². The van der Waals surface area contributed by atoms with Crippen LogP contribution in [0.4, 0.5) is 4.79 Å². The lowest BCUT2D eigenvalue weighted by molar-refractivity contribution is -0.147. The van der Waals surface area contributed by atoms with Gasteiger partial charge in [-0.3, -0.25) is 9.59 Å². The normalized spacial score (nSPS) is 17.5. The Hall–Kier alpha value is -2.42. The summed E-state index contributed by atoms with van der Waals surface area (Å²) in [5.74, 6) is -2.18. The first-order valence-electron chi connectivity index (χ1n) is 7.38. The molecule has 24 heavy (non-hydrogen) atoms. The molecule has 0 saturated carbocycles. The molecule has 1 aliphatic heterocycles. The van der Waals surface area contributed by atoms with Crippen LogP contribution < -0.4 is 5.32 Å². The van der Waals surface area contributed by atoms with Crippen molar-refractivity contribution in [1.29, 1.82) is 0 Å². The van der Waals surface area contributed by atoms with E-state index in [-0.39, 0.29) is 6.54 Å². The van der Waals surface area contributed by atoms with Crippen LogP contribution in [0.25, 0.3) is 0 Å². The Morgan fingerprint density at radius 2 is 1.88 bits per heavy atom. The number of carboxylic acid groups (broad SMARTS) is 1. The average molecular weight is 354 g/mol. The predicted molar refractivity (Wildman–Crippen MR) is 84.8 cm³/mol. The minimum absolute atomic E-state index is 0.280. The van der Waals surface area contributed by atoms with Crippen molar-refractivity contribution in [2.24, 2.45) is 0 Å². The van der Waals surface area contributed by atoms with E-state index in [1.807, 2.05) is 0 Å². The van der Waals surface area contributed by atoms with Gasteiger partial charge in [0.25, 0.3) is 0 Å². The second kappa shape index (κ2) is 7.43. The summed E-state index contributed by atoms with van der Waals surface area (Å²) in [4.78, 5) is 36.0. The van der Waals surface area contributed by atoms with Crippen molar-refractivity contribution >= 4 is 27.0 Å². The quantitative estimate of drug-likeness (QED) is 0.789. The summed E-state index contributed by atoms with van der Waals surface area (Å²) in [7, 11) is -4.10. The molecule has 2 amide bonds. The van der Waals surface area contributed by atoms with Crippen molar-refractivity contribution in [2.75, 3.05) is 13.1 Å². The maximum absolute atomic E-state index is 12.0. The van der Waals surface area contributed by atoms with Crippen LogP contribution in [-0.2, 0) is 25.2 Å². The Morgan fingerprint density at radius 1 is 1.21 bits per heavy atom. The highest BCUT2D eigenvalue weighted by atomic mass is 32.2. The van der Waals surface area contributed by atoms with E-state index in [9.17, 15) is 22.8 Å². The SMILES string of the molecule is O=C(O)[C@@H]1CCCN1C(=O)CNC(=O)S(=O)(=O)Cc1ccccc1. The second-order valence-electron chi connectivity index (χ2n) is 5.47. The topological polar surface area (TPSA) is 121 Å². The van der Waals surface area contributed by atoms with Gasteiger partial charge in [0, 0.05) is 6.54 Å². The molecule has 1 fully saturated rings. The van der Waals surface area contributed by atoms with Crippen molar-refractivity contribution in [1.82, 2.24) is 10.2 Å². The predicted octanol–water partition coefficient (Wildman–Crippen LogP) is 0.387. The third-order valence-corrected chi connectivity index (χ3v) is 5.15. The Balaban J connectivity index is 1.92. The van der Waals surface area contributed by atoms with Gasteiger partial charge in [0.15, 0.2) is 0 Å². The third-order valence-electron chi connectivity index (χ3n) is 3.72. The van der Waals surface area contributed by atoms with E-state index >= 15 is 0 Å². The van der Waals surface area contributed by atoms with Gasteiger partial charge >= 0.3 is 11.2 Å². The van der Waals surface area contributed by atoms with Crippen LogP contribution in [0.2, 0.25) is 0 Å². The van der Waals surface area contributed by atoms with E-state index < -0.39 is 45.3 Å². The monoisotopic (exact) mass is 354 g/mol. The number of likely N-dealkylation sites (tertiary alicyclic amines) is 1. The minimum Gasteiger partial charge on any atom is -0.480 e. The number of amides is 2. The van der Waals surface area contributed by atoms with Gasteiger partial charge in [-0.05, 0) is 18.4 Å². The molecule has 1 aromatic rings. The van der Waals surface area contributed by atoms with Gasteiger partial charge in [-0.2, -0.15) is 0 Å². The molecule has 0 bridgehead atoms. The minimum atomic E-state index is -4.10. The van der Waals surface area contributed by atoms with E-state index in [1.165, 1.54) is 0 Å². The van der Waals surface area contributed by atoms with Crippen LogP contribution in [0, 0.1) is 0 Å². The number of sulfone groups is 1. The third kappa shape index (κ3) is 4.31. The van der Waals surface area contributed by atoms with Gasteiger partial charge in [0.05, 0.1) is 12.3 Å². The highest BCUT2D eigenvalue weighted by molar-refractivity contribution is 8.05. The van der Waals surface area contributed by atoms with E-state index in [0.717, 1.165) is 4.90 Å². The molecule has 2 N–H and O–H groups in total. The van der Waals surface area contributed by atoms with E-state index in [1.54, 1.807) is 30.3 Å². The number of aliphatic carboxylic acids is 1. The number of carbonyl (C=O) groups excluding carboxylic acids is 2. The molecule has 130 valence electrons. The highest BCUT2D eigenvalue weighted by Crippen LogP contribution is 2.17. The number of carbonyl (C=O) groups is 3. The van der Waals surface area contributed by atoms with Crippen molar-refractivity contribution in [3.05, 3.63) is 35.9 Å². The van der Waals surface area contributed by atoms with Gasteiger partial charge in [0.1, 0.15) is 6.04 Å². The summed E-state index contributed by atoms with van der Waals surface area (Å²) >= 11 is 0. The fraction of sp³-hybridized carbons (Fsp3) is 0.400. The van der Waals surface area contributed by atoms with E-state index in [2.05, 4.69) is 5.32 Å². The molecule has 1 saturated heterocycles. The lowest BCUT2D eigenvalue weighted by Gasteiger charge is -2.21. The van der Waals surface area contributed by atoms with Crippen LogP contribution in [-0.4, -0.2) is 54.7 Å². The molecule has 1 aromatic carbocycles. The lowest BCUT2D eigenvalue weighted by Crippen LogP contribution is -2.46. The van der Waals surface area contributed by atoms with Crippen molar-refractivity contribution in [2.45, 2.75) is 24.6 Å². The summed E-state index contributed by atoms with van der Waals surface area (Å²) in [5, 5.41) is 9.85. The standard InChI is InChI=1S/C15H18N2O6S/c18-13(17-8-4-7-12(17)14(19)20)9-16-15(21)24(22,23)10-11-5-2-1-3-6-11/h1-3,5-6,12H,4,7-10H2,(H,16,21)(H,19,20)/t12-/m0/s1. The zero-order chi connectivity index (χ0) is 17.7. The smallest absolute Gasteiger partial charge is 0.337 e. The van der Waals surface area contributed by atoms with E-state index in [0.29, 0.717) is 18.4 Å². The molecular formula is C15H18N2O6S. The van der Waals surface area contributed by atoms with Crippen LogP contribution in [0.3, 0.4) is 0 Å². The van der Waals surface area contributed by atoms with Gasteiger partial charge in [-0.25, -0.2) is 13.2 Å². The van der Waals surface area contributed by atoms with Crippen LogP contribution in [0.1, 0.15) is 18.4 Å². The van der Waals surface area contributed by atoms with Crippen LogP contribution in [0.15, 0.2) is 30.3 Å². The van der Waals surface area contributed by atoms with Gasteiger partial charge in [-0.1, -0.05) is 30.3 Å². The molecule has 0 spiro atoms. The molecule has 9 heteroatoms. The number of hydrogen-bond acceptors (Lipinski definition) is 5. The molecule has 0 unspecified atom stereocenters. The summed E-state index contributed by atoms with van der Waals surface area (Å²) in [6.45, 7) is -0.265. The number of nitrogens with zero attached hydrogens (tertiary/aromatic N) is 1. The Morgan fingerprint density at radius 3 is 2.50 bits per heavy atom. The summed E-state index contributed by atoms with van der Waals surface area (Å²) < 4.78 is 24.0. The average Bonchev–Trinajstić information content (AvgIpc) is 3.02. The molecule has 0 aromatic heterocycles. The van der Waals surface area contributed by atoms with Gasteiger partial charge in [0.2, 0.25) is 15.7 Å². The van der Waals surface area contributed by atoms with Crippen LogP contribution >= 0.6 is 0 Å². The number of nitrogens with one attached hydrogen (secondary N) is 1. The summed E-state index contributed by atoms with van der Waals surface area (Å²) in [6.07, 6.45) is 0.907. The fourth-order valence-corrected chi connectivity index (χ4v) is 3.59. The summed E-state index contributed by atoms with van der Waals surface area (Å²) in [5.41, 5.74) is 0.462. The zero-order valence-corrected chi connectivity index (χ0v) is 13.7. The van der Waals surface area contributed by atoms with Gasteiger partial charge in [-0.15, -0.1) is 0 Å². The van der Waals surface area contributed by atoms with Crippen molar-refractivity contribution in [3.8, 4) is 0 Å². The number of rotatable bonds is 5. The first-order chi connectivity index (χ1) is 11.3. The van der Waals surface area contributed by atoms with E-state index in [4.69, 9.17) is 5.11 Å². The first-order valence-corrected chi connectivity index (χ1v) is 9.03. The highest BCUT2D eigenvalue weighted by Gasteiger charge is 2.34. The second-order valence-corrected chi connectivity index (χ2v) is 7.36. The maximum atomic E-state index is 12.0. The number of benzene rings is 1. The Kier molecular flexibility index (Phi) is 5.55. The molecule has 0 aliphatic carbocycles. The van der Waals surface area contributed by atoms with Crippen LogP contribution in [0.5, 0.6) is 0 Å². The largest absolute Gasteiger partial charge is 0.480 e. The maximum Gasteiger partial charge on any atom is 0.337 e. The molecule has 1 aliphatic rings. The fourth-order valence-electron chi connectivity index (χ4n) is 2.54. The Bertz CT molecular complexity index is 732. The lowest BCUT2D eigenvalue weighted by atomic mass is 10.2. The summed E-state index contributed by atoms with van der Waals surface area (Å²) in [6, 6.07) is 7.28. The number of hydrogen-bond donors (Lipinski definition) is 2. The van der Waals surface area contributed by atoms with Crippen molar-refractivity contribution in [3.63, 3.8) is 0 Å². The zero-order valence-electron chi connectivity index (χ0n) is 12.8. The first kappa shape index (κ1) is 17.9. The number of carboxylic acids is 1. The molecule has 1 atom stereocenters. The molecule has 8 nitrogen and oxygen atoms in total. The molecule has 0 radical (unpaired) electrons. The molecule has 1 heterocycles.